The summed E-state index contributed by atoms with van der Waals surface area (Å²) in [5, 5.41) is 49.2. The third kappa shape index (κ3) is 2.94. The molecule has 0 radical (unpaired) electrons. The number of aliphatic hydroxyl groups is 4. The maximum Gasteiger partial charge on any atom is 0.229 e. The fourth-order valence-electron chi connectivity index (χ4n) is 2.51. The summed E-state index contributed by atoms with van der Waals surface area (Å²) in [6.45, 7) is -0.544. The fourth-order valence-corrected chi connectivity index (χ4v) is 2.51. The lowest BCUT2D eigenvalue weighted by atomic mass is 9.99. The average molecular weight is 323 g/mol. The standard InChI is InChI=1S/C15H17NO7/c17-6-10-12(19)13(20)14(21)15(23-10)22-8-4-7-2-1-3-16-11(7)9(18)5-8/h1-5,10,12-15,17-21H,6H2/t10-,12-,13+,14-,15-/m1/s1. The highest BCUT2D eigenvalue weighted by Gasteiger charge is 2.44. The van der Waals surface area contributed by atoms with Crippen molar-refractivity contribution in [2.24, 2.45) is 0 Å². The number of aromatic nitrogens is 1. The van der Waals surface area contributed by atoms with Crippen LogP contribution in [0, 0.1) is 0 Å². The Morgan fingerprint density at radius 3 is 2.65 bits per heavy atom. The van der Waals surface area contributed by atoms with Gasteiger partial charge in [0.15, 0.2) is 0 Å². The molecule has 0 unspecified atom stereocenters. The van der Waals surface area contributed by atoms with Gasteiger partial charge in [-0.25, -0.2) is 0 Å². The van der Waals surface area contributed by atoms with Gasteiger partial charge >= 0.3 is 0 Å². The zero-order valence-corrected chi connectivity index (χ0v) is 12.0. The molecule has 23 heavy (non-hydrogen) atoms. The molecule has 0 spiro atoms. The summed E-state index contributed by atoms with van der Waals surface area (Å²) in [5.74, 6) is 0.0787. The highest BCUT2D eigenvalue weighted by atomic mass is 16.7. The molecule has 8 heteroatoms. The molecule has 5 N–H and O–H groups in total. The molecular formula is C15H17NO7. The average Bonchev–Trinajstić information content (AvgIpc) is 2.55. The Hall–Kier alpha value is -1.97. The second kappa shape index (κ2) is 6.26. The number of nitrogens with zero attached hydrogens (tertiary/aromatic N) is 1. The van der Waals surface area contributed by atoms with Gasteiger partial charge in [0.05, 0.1) is 6.61 Å². The van der Waals surface area contributed by atoms with Crippen LogP contribution in [0.3, 0.4) is 0 Å². The van der Waals surface area contributed by atoms with E-state index in [2.05, 4.69) is 4.98 Å². The molecule has 1 aliphatic heterocycles. The molecule has 8 nitrogen and oxygen atoms in total. The zero-order valence-electron chi connectivity index (χ0n) is 12.0. The topological polar surface area (TPSA) is 132 Å². The maximum atomic E-state index is 9.96. The van der Waals surface area contributed by atoms with Crippen LogP contribution in [0.5, 0.6) is 11.5 Å². The van der Waals surface area contributed by atoms with Crippen molar-refractivity contribution in [1.82, 2.24) is 4.98 Å². The first-order chi connectivity index (χ1) is 11.0. The molecule has 2 aromatic rings. The lowest BCUT2D eigenvalue weighted by Gasteiger charge is -2.39. The van der Waals surface area contributed by atoms with Crippen molar-refractivity contribution in [3.05, 3.63) is 30.5 Å². The summed E-state index contributed by atoms with van der Waals surface area (Å²) < 4.78 is 10.7. The molecule has 5 atom stereocenters. The van der Waals surface area contributed by atoms with Gasteiger partial charge in [0, 0.05) is 17.6 Å². The molecule has 0 saturated carbocycles. The molecule has 1 aromatic heterocycles. The Balaban J connectivity index is 1.86. The van der Waals surface area contributed by atoms with Crippen LogP contribution in [0.4, 0.5) is 0 Å². The maximum absolute atomic E-state index is 9.96. The van der Waals surface area contributed by atoms with Gasteiger partial charge in [0.2, 0.25) is 6.29 Å². The van der Waals surface area contributed by atoms with Crippen molar-refractivity contribution >= 4 is 10.9 Å². The van der Waals surface area contributed by atoms with E-state index >= 15 is 0 Å². The normalized spacial score (nSPS) is 31.2. The molecule has 0 bridgehead atoms. The van der Waals surface area contributed by atoms with E-state index in [9.17, 15) is 20.4 Å². The summed E-state index contributed by atoms with van der Waals surface area (Å²) in [7, 11) is 0. The molecular weight excluding hydrogens is 306 g/mol. The number of rotatable bonds is 3. The van der Waals surface area contributed by atoms with Crippen LogP contribution in [0.2, 0.25) is 0 Å². The smallest absolute Gasteiger partial charge is 0.229 e. The predicted octanol–water partition coefficient (Wildman–Crippen LogP) is -0.881. The number of benzene rings is 1. The van der Waals surface area contributed by atoms with Gasteiger partial charge in [-0.05, 0) is 12.1 Å². The van der Waals surface area contributed by atoms with Crippen molar-refractivity contribution in [2.75, 3.05) is 6.61 Å². The van der Waals surface area contributed by atoms with E-state index in [1.807, 2.05) is 0 Å². The number of hydrogen-bond acceptors (Lipinski definition) is 8. The number of phenolic OH excluding ortho intramolecular Hbond substituents is 1. The number of aromatic hydroxyl groups is 1. The van der Waals surface area contributed by atoms with Crippen molar-refractivity contribution in [3.8, 4) is 11.5 Å². The molecule has 1 aliphatic rings. The number of hydrogen-bond donors (Lipinski definition) is 5. The third-order valence-electron chi connectivity index (χ3n) is 3.76. The van der Waals surface area contributed by atoms with Crippen LogP contribution in [0.15, 0.2) is 30.5 Å². The summed E-state index contributed by atoms with van der Waals surface area (Å²) in [6.07, 6.45) is -5.32. The molecule has 1 saturated heterocycles. The van der Waals surface area contributed by atoms with Crippen LogP contribution in [-0.2, 0) is 4.74 Å². The highest BCUT2D eigenvalue weighted by molar-refractivity contribution is 5.85. The van der Waals surface area contributed by atoms with E-state index in [0.29, 0.717) is 10.9 Å². The lowest BCUT2D eigenvalue weighted by Crippen LogP contribution is -2.60. The van der Waals surface area contributed by atoms with Gasteiger partial charge in [0.25, 0.3) is 0 Å². The van der Waals surface area contributed by atoms with Crippen LogP contribution in [0.1, 0.15) is 0 Å². The van der Waals surface area contributed by atoms with Gasteiger partial charge in [-0.2, -0.15) is 0 Å². The summed E-state index contributed by atoms with van der Waals surface area (Å²) in [6, 6.07) is 6.31. The van der Waals surface area contributed by atoms with Crippen molar-refractivity contribution in [3.63, 3.8) is 0 Å². The molecule has 1 aromatic carbocycles. The minimum Gasteiger partial charge on any atom is -0.506 e. The first-order valence-corrected chi connectivity index (χ1v) is 7.06. The number of pyridine rings is 1. The lowest BCUT2D eigenvalue weighted by molar-refractivity contribution is -0.277. The van der Waals surface area contributed by atoms with Crippen LogP contribution < -0.4 is 4.74 Å². The number of aliphatic hydroxyl groups excluding tert-OH is 4. The molecule has 124 valence electrons. The Morgan fingerprint density at radius 1 is 1.13 bits per heavy atom. The van der Waals surface area contributed by atoms with Crippen molar-refractivity contribution in [2.45, 2.75) is 30.7 Å². The zero-order chi connectivity index (χ0) is 16.6. The van der Waals surface area contributed by atoms with E-state index < -0.39 is 37.3 Å². The Bertz CT molecular complexity index is 693. The Labute approximate surface area is 131 Å². The van der Waals surface area contributed by atoms with E-state index in [-0.39, 0.29) is 11.5 Å². The quantitative estimate of drug-likeness (QED) is 0.492. The minimum absolute atomic E-state index is 0.109. The van der Waals surface area contributed by atoms with Gasteiger partial charge in [-0.1, -0.05) is 6.07 Å². The first kappa shape index (κ1) is 15.9. The van der Waals surface area contributed by atoms with E-state index in [4.69, 9.17) is 14.6 Å². The van der Waals surface area contributed by atoms with E-state index in [1.54, 1.807) is 24.4 Å². The fraction of sp³-hybridized carbons (Fsp3) is 0.400. The second-order valence-electron chi connectivity index (χ2n) is 5.33. The highest BCUT2D eigenvalue weighted by Crippen LogP contribution is 2.31. The second-order valence-corrected chi connectivity index (χ2v) is 5.33. The van der Waals surface area contributed by atoms with Gasteiger partial charge in [-0.3, -0.25) is 4.98 Å². The molecule has 2 heterocycles. The number of phenols is 1. The van der Waals surface area contributed by atoms with Crippen molar-refractivity contribution in [1.29, 1.82) is 0 Å². The Kier molecular flexibility index (Phi) is 4.33. The summed E-state index contributed by atoms with van der Waals surface area (Å²) in [4.78, 5) is 4.04. The van der Waals surface area contributed by atoms with Crippen LogP contribution >= 0.6 is 0 Å². The number of ether oxygens (including phenoxy) is 2. The van der Waals surface area contributed by atoms with Crippen molar-refractivity contribution < 1.29 is 35.0 Å². The third-order valence-corrected chi connectivity index (χ3v) is 3.76. The van der Waals surface area contributed by atoms with Gasteiger partial charge in [-0.15, -0.1) is 0 Å². The summed E-state index contributed by atoms with van der Waals surface area (Å²) in [5.41, 5.74) is 0.397. The number of fused-ring (bicyclic) bond motifs is 1. The minimum atomic E-state index is -1.53. The first-order valence-electron chi connectivity index (χ1n) is 7.06. The van der Waals surface area contributed by atoms with E-state index in [1.165, 1.54) is 6.07 Å². The van der Waals surface area contributed by atoms with Crippen LogP contribution in [0.25, 0.3) is 10.9 Å². The summed E-state index contributed by atoms with van der Waals surface area (Å²) >= 11 is 0. The predicted molar refractivity (Wildman–Crippen MR) is 77.8 cm³/mol. The Morgan fingerprint density at radius 2 is 1.91 bits per heavy atom. The molecule has 1 fully saturated rings. The molecule has 3 rings (SSSR count). The monoisotopic (exact) mass is 323 g/mol. The molecule has 0 aliphatic carbocycles. The van der Waals surface area contributed by atoms with Crippen LogP contribution in [-0.4, -0.2) is 67.8 Å². The largest absolute Gasteiger partial charge is 0.506 e. The SMILES string of the molecule is OC[C@H]1O[C@@H](Oc2cc(O)c3ncccc3c2)[C@H](O)[C@@H](O)[C@@H]1O. The van der Waals surface area contributed by atoms with Gasteiger partial charge in [0.1, 0.15) is 41.4 Å². The van der Waals surface area contributed by atoms with Gasteiger partial charge < -0.3 is 35.0 Å². The van der Waals surface area contributed by atoms with E-state index in [0.717, 1.165) is 0 Å². The molecule has 0 amide bonds.